The maximum absolute atomic E-state index is 14.7. The number of anilines is 1. The van der Waals surface area contributed by atoms with Crippen LogP contribution in [0.5, 0.6) is 0 Å². The van der Waals surface area contributed by atoms with Gasteiger partial charge in [-0.2, -0.15) is 0 Å². The van der Waals surface area contributed by atoms with Gasteiger partial charge in [-0.3, -0.25) is 9.59 Å². The van der Waals surface area contributed by atoms with E-state index in [-0.39, 0.29) is 17.7 Å². The molecule has 0 radical (unpaired) electrons. The van der Waals surface area contributed by atoms with E-state index in [1.54, 1.807) is 25.7 Å². The predicted molar refractivity (Wildman–Crippen MR) is 170 cm³/mol. The number of hydrogen-bond donors (Lipinski definition) is 2. The summed E-state index contributed by atoms with van der Waals surface area (Å²) in [5.41, 5.74) is 0.863. The van der Waals surface area contributed by atoms with E-state index in [1.807, 2.05) is 108 Å². The molecule has 3 aromatic carbocycles. The molecule has 0 fully saturated rings. The van der Waals surface area contributed by atoms with Gasteiger partial charge in [0.25, 0.3) is 5.91 Å². The lowest BCUT2D eigenvalue weighted by atomic mass is 9.89. The van der Waals surface area contributed by atoms with Gasteiger partial charge in [-0.1, -0.05) is 87.4 Å². The Labute approximate surface area is 251 Å². The summed E-state index contributed by atoms with van der Waals surface area (Å²) < 4.78 is 5.53. The third-order valence-electron chi connectivity index (χ3n) is 7.79. The van der Waals surface area contributed by atoms with Gasteiger partial charge in [-0.25, -0.2) is 4.79 Å². The molecule has 226 valence electrons. The highest BCUT2D eigenvalue weighted by molar-refractivity contribution is 6.00. The molecule has 3 unspecified atom stereocenters. The predicted octanol–water partition coefficient (Wildman–Crippen LogP) is 7.78. The summed E-state index contributed by atoms with van der Waals surface area (Å²) in [7, 11) is 0. The second kappa shape index (κ2) is 13.4. The minimum atomic E-state index is -0.953. The number of hydrogen-bond acceptors (Lipinski definition) is 4. The maximum Gasteiger partial charge on any atom is 0.408 e. The monoisotopic (exact) mass is 573 g/mol. The molecule has 0 saturated heterocycles. The van der Waals surface area contributed by atoms with E-state index in [4.69, 9.17) is 4.74 Å². The number of nitrogens with zero attached hydrogens (tertiary/aromatic N) is 1. The molecule has 0 aliphatic carbocycles. The Balaban J connectivity index is 2.12. The van der Waals surface area contributed by atoms with Crippen LogP contribution in [0.15, 0.2) is 66.7 Å². The molecule has 0 aromatic heterocycles. The Bertz CT molecular complexity index is 1410. The van der Waals surface area contributed by atoms with Crippen molar-refractivity contribution in [1.82, 2.24) is 10.2 Å². The number of fused-ring (bicyclic) bond motifs is 1. The summed E-state index contributed by atoms with van der Waals surface area (Å²) in [4.78, 5) is 43.6. The highest BCUT2D eigenvalue weighted by atomic mass is 16.6. The van der Waals surface area contributed by atoms with Gasteiger partial charge in [0.05, 0.1) is 0 Å². The molecular weight excluding hydrogens is 526 g/mol. The molecule has 0 bridgehead atoms. The third-order valence-corrected chi connectivity index (χ3v) is 7.79. The molecule has 3 rings (SSSR count). The first kappa shape index (κ1) is 32.6. The number of aryl methyl sites for hydroxylation is 1. The highest BCUT2D eigenvalue weighted by Crippen LogP contribution is 2.34. The van der Waals surface area contributed by atoms with Gasteiger partial charge >= 0.3 is 6.09 Å². The first-order valence-corrected chi connectivity index (χ1v) is 14.9. The normalized spacial score (nSPS) is 14.0. The number of benzene rings is 3. The quantitative estimate of drug-likeness (QED) is 0.259. The van der Waals surface area contributed by atoms with Gasteiger partial charge in [0, 0.05) is 11.2 Å². The number of alkyl carbamates (subject to hydrolysis) is 1. The molecule has 3 aromatic rings. The van der Waals surface area contributed by atoms with Crippen LogP contribution in [-0.4, -0.2) is 40.0 Å². The smallest absolute Gasteiger partial charge is 0.408 e. The number of carbonyl (C=O) groups excluding carboxylic acids is 3. The Morgan fingerprint density at radius 1 is 0.881 bits per heavy atom. The maximum atomic E-state index is 14.7. The summed E-state index contributed by atoms with van der Waals surface area (Å²) in [5.74, 6) is -0.866. The summed E-state index contributed by atoms with van der Waals surface area (Å²) in [6, 6.07) is 19.6. The van der Waals surface area contributed by atoms with Crippen LogP contribution in [0.25, 0.3) is 10.8 Å². The lowest BCUT2D eigenvalue weighted by Gasteiger charge is -2.45. The summed E-state index contributed by atoms with van der Waals surface area (Å²) in [5, 5.41) is 8.01. The van der Waals surface area contributed by atoms with E-state index in [0.29, 0.717) is 24.1 Å². The molecule has 3 amide bonds. The Morgan fingerprint density at radius 3 is 2.14 bits per heavy atom. The van der Waals surface area contributed by atoms with Gasteiger partial charge < -0.3 is 20.3 Å². The number of nitrogens with one attached hydrogen (secondary N) is 2. The van der Waals surface area contributed by atoms with Crippen molar-refractivity contribution in [3.8, 4) is 0 Å². The molecule has 7 heteroatoms. The van der Waals surface area contributed by atoms with Crippen molar-refractivity contribution in [3.05, 3.63) is 77.9 Å². The molecule has 0 spiro atoms. The highest BCUT2D eigenvalue weighted by Gasteiger charge is 2.44. The van der Waals surface area contributed by atoms with Crippen LogP contribution in [0.2, 0.25) is 0 Å². The lowest BCUT2D eigenvalue weighted by Crippen LogP contribution is -2.60. The number of amides is 3. The topological polar surface area (TPSA) is 87.7 Å². The molecule has 0 heterocycles. The zero-order valence-corrected chi connectivity index (χ0v) is 26.6. The fourth-order valence-electron chi connectivity index (χ4n) is 4.95. The van der Waals surface area contributed by atoms with E-state index in [9.17, 15) is 14.4 Å². The largest absolute Gasteiger partial charge is 0.444 e. The van der Waals surface area contributed by atoms with Crippen LogP contribution in [0.1, 0.15) is 85.4 Å². The van der Waals surface area contributed by atoms with Crippen LogP contribution >= 0.6 is 0 Å². The van der Waals surface area contributed by atoms with Gasteiger partial charge in [0.2, 0.25) is 5.91 Å². The Kier molecular flexibility index (Phi) is 10.4. The molecule has 2 N–H and O–H groups in total. The van der Waals surface area contributed by atoms with Crippen molar-refractivity contribution >= 4 is 34.4 Å². The number of rotatable bonds is 10. The molecular formula is C35H47N3O4. The second-order valence-corrected chi connectivity index (χ2v) is 12.8. The van der Waals surface area contributed by atoms with Crippen molar-refractivity contribution < 1.29 is 19.1 Å². The number of ether oxygens (including phenoxy) is 1. The van der Waals surface area contributed by atoms with Crippen LogP contribution in [0.3, 0.4) is 0 Å². The summed E-state index contributed by atoms with van der Waals surface area (Å²) in [6.07, 6.45) is 0.567. The van der Waals surface area contributed by atoms with Crippen LogP contribution in [-0.2, 0) is 14.3 Å². The Hall–Kier alpha value is -3.87. The van der Waals surface area contributed by atoms with E-state index < -0.39 is 29.3 Å². The minimum Gasteiger partial charge on any atom is -0.444 e. The fraction of sp³-hybridized carbons (Fsp3) is 0.457. The average molecular weight is 574 g/mol. The van der Waals surface area contributed by atoms with Gasteiger partial charge in [0.1, 0.15) is 17.7 Å². The molecule has 0 saturated carbocycles. The van der Waals surface area contributed by atoms with E-state index in [1.165, 1.54) is 0 Å². The minimum absolute atomic E-state index is 0.207. The molecule has 3 atom stereocenters. The van der Waals surface area contributed by atoms with Crippen LogP contribution in [0.4, 0.5) is 10.5 Å². The van der Waals surface area contributed by atoms with Gasteiger partial charge in [0.15, 0.2) is 0 Å². The number of carbonyl (C=O) groups is 3. The second-order valence-electron chi connectivity index (χ2n) is 12.8. The fourth-order valence-corrected chi connectivity index (χ4v) is 4.95. The molecule has 0 aliphatic rings. The van der Waals surface area contributed by atoms with Gasteiger partial charge in [-0.05, 0) is 82.3 Å². The zero-order valence-electron chi connectivity index (χ0n) is 26.6. The van der Waals surface area contributed by atoms with Crippen LogP contribution in [0, 0.1) is 12.8 Å². The van der Waals surface area contributed by atoms with Crippen molar-refractivity contribution in [3.63, 3.8) is 0 Å². The van der Waals surface area contributed by atoms with E-state index >= 15 is 0 Å². The summed E-state index contributed by atoms with van der Waals surface area (Å²) >= 11 is 0. The molecule has 7 nitrogen and oxygen atoms in total. The standard InChI is InChI=1S/C35H47N3O4/c1-10-24(4)29(37-33(41)42-34(5,6)7)32(40)38(35(8,9)11-2)30(27-18-14-15-23(3)21-27)31(39)36-28-20-19-25-16-12-13-17-26(25)22-28/h12-22,24,29-30H,10-11H2,1-9H3,(H,36,39)(H,37,41). The first-order chi connectivity index (χ1) is 19.7. The van der Waals surface area contributed by atoms with Crippen LogP contribution < -0.4 is 10.6 Å². The average Bonchev–Trinajstić information content (AvgIpc) is 2.92. The molecule has 42 heavy (non-hydrogen) atoms. The summed E-state index contributed by atoms with van der Waals surface area (Å²) in [6.45, 7) is 17.1. The lowest BCUT2D eigenvalue weighted by molar-refractivity contribution is -0.148. The third kappa shape index (κ3) is 8.11. The van der Waals surface area contributed by atoms with Crippen molar-refractivity contribution in [1.29, 1.82) is 0 Å². The van der Waals surface area contributed by atoms with Crippen molar-refractivity contribution in [2.45, 2.75) is 98.4 Å². The van der Waals surface area contributed by atoms with Crippen molar-refractivity contribution in [2.24, 2.45) is 5.92 Å². The van der Waals surface area contributed by atoms with Crippen molar-refractivity contribution in [2.75, 3.05) is 5.32 Å². The van der Waals surface area contributed by atoms with E-state index in [2.05, 4.69) is 10.6 Å². The van der Waals surface area contributed by atoms with Gasteiger partial charge in [-0.15, -0.1) is 0 Å². The first-order valence-electron chi connectivity index (χ1n) is 14.9. The van der Waals surface area contributed by atoms with E-state index in [0.717, 1.165) is 16.3 Å². The zero-order chi connectivity index (χ0) is 31.2. The Morgan fingerprint density at radius 2 is 1.55 bits per heavy atom. The SMILES string of the molecule is CCC(C)C(NC(=O)OC(C)(C)C)C(=O)N(C(C(=O)Nc1ccc2ccccc2c1)c1cccc(C)c1)C(C)(C)CC. The molecule has 0 aliphatic heterocycles.